The maximum Gasteiger partial charge on any atom is 0.247 e. The number of aryl methyl sites for hydroxylation is 1. The average molecular weight is 511 g/mol. The summed E-state index contributed by atoms with van der Waals surface area (Å²) in [4.78, 5) is 34.3. The Morgan fingerprint density at radius 3 is 2.61 bits per heavy atom. The molecule has 36 heavy (non-hydrogen) atoms. The number of halogens is 1. The van der Waals surface area contributed by atoms with Crippen LogP contribution in [0.3, 0.4) is 0 Å². The van der Waals surface area contributed by atoms with Crippen LogP contribution < -0.4 is 15.8 Å². The summed E-state index contributed by atoms with van der Waals surface area (Å²) < 4.78 is 20.5. The lowest BCUT2D eigenvalue weighted by Crippen LogP contribution is -2.25. The largest absolute Gasteiger partial charge is 0.488 e. The number of anilines is 1. The van der Waals surface area contributed by atoms with Crippen LogP contribution in [0.25, 0.3) is 0 Å². The van der Waals surface area contributed by atoms with Gasteiger partial charge >= 0.3 is 0 Å². The minimum Gasteiger partial charge on any atom is -0.488 e. The third-order valence-electron chi connectivity index (χ3n) is 5.19. The van der Waals surface area contributed by atoms with Gasteiger partial charge in [-0.3, -0.25) is 9.59 Å². The zero-order valence-electron chi connectivity index (χ0n) is 20.0. The van der Waals surface area contributed by atoms with Crippen molar-refractivity contribution in [2.45, 2.75) is 33.4 Å². The second-order valence-electron chi connectivity index (χ2n) is 7.81. The number of ether oxygens (including phenoxy) is 1. The van der Waals surface area contributed by atoms with Gasteiger partial charge in [-0.15, -0.1) is 0 Å². The lowest BCUT2D eigenvalue weighted by molar-refractivity contribution is -0.117. The third-order valence-corrected chi connectivity index (χ3v) is 6.33. The molecule has 0 aliphatic heterocycles. The van der Waals surface area contributed by atoms with Crippen molar-refractivity contribution in [2.75, 3.05) is 12.3 Å². The fourth-order valence-electron chi connectivity index (χ4n) is 3.22. The van der Waals surface area contributed by atoms with E-state index >= 15 is 0 Å². The summed E-state index contributed by atoms with van der Waals surface area (Å²) in [5.41, 5.74) is 7.26. The molecule has 0 saturated carbocycles. The fraction of sp³-hybridized carbons (Fsp3) is 0.231. The summed E-state index contributed by atoms with van der Waals surface area (Å²) >= 11 is 0.686. The molecule has 1 heterocycles. The number of nitrogens with one attached hydrogen (secondary N) is 1. The van der Waals surface area contributed by atoms with Crippen LogP contribution in [-0.4, -0.2) is 32.7 Å². The van der Waals surface area contributed by atoms with E-state index in [4.69, 9.17) is 10.5 Å². The van der Waals surface area contributed by atoms with E-state index < -0.39 is 16.8 Å². The summed E-state index contributed by atoms with van der Waals surface area (Å²) in [7, 11) is 0. The number of carbonyl (C=O) groups is 2. The molecule has 0 aliphatic carbocycles. The molecule has 1 amide bonds. The molecule has 188 valence electrons. The third kappa shape index (κ3) is 7.12. The molecule has 1 aromatic heterocycles. The van der Waals surface area contributed by atoms with Crippen LogP contribution in [-0.2, 0) is 17.9 Å². The van der Waals surface area contributed by atoms with E-state index in [2.05, 4.69) is 15.3 Å². The van der Waals surface area contributed by atoms with Crippen molar-refractivity contribution >= 4 is 28.6 Å². The number of carbonyl (C=O) groups excluding carboxylic acids is 2. The Morgan fingerprint density at radius 2 is 1.92 bits per heavy atom. The number of nitrogens with zero attached hydrogens (tertiary/aromatic N) is 2. The van der Waals surface area contributed by atoms with Crippen molar-refractivity contribution in [3.8, 4) is 5.75 Å². The van der Waals surface area contributed by atoms with Gasteiger partial charge in [-0.05, 0) is 31.5 Å². The van der Waals surface area contributed by atoms with Gasteiger partial charge in [0.15, 0.2) is 0 Å². The summed E-state index contributed by atoms with van der Waals surface area (Å²) in [5, 5.41) is 11.6. The molecule has 0 aliphatic rings. The summed E-state index contributed by atoms with van der Waals surface area (Å²) in [6, 6.07) is 13.4. The average Bonchev–Trinajstić information content (AvgIpc) is 2.86. The molecule has 0 atom stereocenters. The van der Waals surface area contributed by atoms with Gasteiger partial charge < -0.3 is 20.9 Å². The maximum atomic E-state index is 14.7. The molecule has 10 heteroatoms. The number of nitrogens with two attached hydrogens (primary N) is 1. The van der Waals surface area contributed by atoms with E-state index in [-0.39, 0.29) is 48.9 Å². The molecule has 0 radical (unpaired) electrons. The predicted octanol–water partition coefficient (Wildman–Crippen LogP) is 3.93. The standard InChI is InChI=1S/C26H27FN4O4S/c1-16(25(33)30-14-19-13-29-17(2)31-24(19)28)22(11-12-32)36-26(34)23-20(27)9-6-10-21(23)35-15-18-7-4-3-5-8-18/h3-10,13,32H,11-12,14-15H2,1-2H3,(H,30,33)(H2,28,29,31)/b22-16-. The Hall–Kier alpha value is -3.76. The van der Waals surface area contributed by atoms with Gasteiger partial charge in [0.05, 0.1) is 0 Å². The number of benzene rings is 2. The topological polar surface area (TPSA) is 127 Å². The summed E-state index contributed by atoms with van der Waals surface area (Å²) in [6.07, 6.45) is 1.57. The second kappa shape index (κ2) is 12.8. The van der Waals surface area contributed by atoms with Gasteiger partial charge in [0.25, 0.3) is 0 Å². The number of aliphatic hydroxyl groups excluding tert-OH is 1. The first-order valence-electron chi connectivity index (χ1n) is 11.1. The number of hydrogen-bond donors (Lipinski definition) is 3. The summed E-state index contributed by atoms with van der Waals surface area (Å²) in [6.45, 7) is 3.17. The minimum absolute atomic E-state index is 0.0418. The van der Waals surface area contributed by atoms with Crippen LogP contribution in [0.1, 0.15) is 40.7 Å². The van der Waals surface area contributed by atoms with Gasteiger partial charge in [0.1, 0.15) is 35.4 Å². The van der Waals surface area contributed by atoms with Crippen molar-refractivity contribution in [2.24, 2.45) is 0 Å². The highest BCUT2D eigenvalue weighted by atomic mass is 32.2. The molecule has 0 bridgehead atoms. The molecule has 0 spiro atoms. The smallest absolute Gasteiger partial charge is 0.247 e. The summed E-state index contributed by atoms with van der Waals surface area (Å²) in [5.74, 6) is -0.339. The van der Waals surface area contributed by atoms with Crippen LogP contribution in [0.5, 0.6) is 5.75 Å². The van der Waals surface area contributed by atoms with Crippen molar-refractivity contribution in [3.63, 3.8) is 0 Å². The molecule has 3 aromatic rings. The van der Waals surface area contributed by atoms with Crippen LogP contribution in [0, 0.1) is 12.7 Å². The quantitative estimate of drug-likeness (QED) is 0.350. The van der Waals surface area contributed by atoms with E-state index in [0.717, 1.165) is 5.56 Å². The van der Waals surface area contributed by atoms with Crippen LogP contribution in [0.2, 0.25) is 0 Å². The molecule has 2 aromatic carbocycles. The molecule has 3 rings (SSSR count). The zero-order valence-corrected chi connectivity index (χ0v) is 20.8. The Morgan fingerprint density at radius 1 is 1.17 bits per heavy atom. The monoisotopic (exact) mass is 510 g/mol. The number of amides is 1. The first-order valence-corrected chi connectivity index (χ1v) is 12.0. The number of thioether (sulfide) groups is 1. The minimum atomic E-state index is -0.738. The second-order valence-corrected chi connectivity index (χ2v) is 8.88. The zero-order chi connectivity index (χ0) is 26.1. The highest BCUT2D eigenvalue weighted by Crippen LogP contribution is 2.33. The maximum absolute atomic E-state index is 14.7. The van der Waals surface area contributed by atoms with E-state index in [1.165, 1.54) is 31.3 Å². The van der Waals surface area contributed by atoms with Crippen LogP contribution in [0.4, 0.5) is 10.2 Å². The van der Waals surface area contributed by atoms with E-state index in [0.29, 0.717) is 28.1 Å². The van der Waals surface area contributed by atoms with Crippen LogP contribution in [0.15, 0.2) is 65.2 Å². The van der Waals surface area contributed by atoms with Gasteiger partial charge in [-0.2, -0.15) is 0 Å². The molecule has 0 unspecified atom stereocenters. The van der Waals surface area contributed by atoms with Crippen LogP contribution >= 0.6 is 11.8 Å². The van der Waals surface area contributed by atoms with Gasteiger partial charge in [0, 0.05) is 41.8 Å². The number of aromatic nitrogens is 2. The Labute approximate surface area is 212 Å². The lowest BCUT2D eigenvalue weighted by atomic mass is 10.2. The van der Waals surface area contributed by atoms with Gasteiger partial charge in [-0.1, -0.05) is 48.2 Å². The molecular formula is C26H27FN4O4S. The fourth-order valence-corrected chi connectivity index (χ4v) is 4.18. The number of hydrogen-bond acceptors (Lipinski definition) is 8. The highest BCUT2D eigenvalue weighted by molar-refractivity contribution is 8.17. The highest BCUT2D eigenvalue weighted by Gasteiger charge is 2.22. The first kappa shape index (κ1) is 26.8. The number of aliphatic hydroxyl groups is 1. The number of rotatable bonds is 10. The van der Waals surface area contributed by atoms with Crippen molar-refractivity contribution in [1.29, 1.82) is 0 Å². The van der Waals surface area contributed by atoms with Crippen molar-refractivity contribution in [3.05, 3.63) is 93.5 Å². The van der Waals surface area contributed by atoms with E-state index in [1.807, 2.05) is 30.3 Å². The first-order chi connectivity index (χ1) is 17.3. The molecule has 0 saturated heterocycles. The molecule has 0 fully saturated rings. The van der Waals surface area contributed by atoms with Gasteiger partial charge in [0.2, 0.25) is 11.0 Å². The Balaban J connectivity index is 1.76. The number of nitrogen functional groups attached to an aromatic ring is 1. The van der Waals surface area contributed by atoms with E-state index in [9.17, 15) is 19.1 Å². The van der Waals surface area contributed by atoms with Crippen molar-refractivity contribution < 1.29 is 23.8 Å². The normalized spacial score (nSPS) is 11.6. The Bertz CT molecular complexity index is 1270. The molecule has 4 N–H and O–H groups in total. The van der Waals surface area contributed by atoms with Crippen molar-refractivity contribution in [1.82, 2.24) is 15.3 Å². The van der Waals surface area contributed by atoms with E-state index in [1.54, 1.807) is 6.92 Å². The van der Waals surface area contributed by atoms with Gasteiger partial charge in [-0.25, -0.2) is 14.4 Å². The SMILES string of the molecule is C/C(C(=O)NCc1cnc(C)nc1N)=C(\CCO)SC(=O)c1c(F)cccc1OCc1ccccc1. The molecule has 8 nitrogen and oxygen atoms in total. The molecular weight excluding hydrogens is 483 g/mol. The predicted molar refractivity (Wildman–Crippen MR) is 137 cm³/mol. The lowest BCUT2D eigenvalue weighted by Gasteiger charge is -2.14. The Kier molecular flexibility index (Phi) is 9.54.